The number of rotatable bonds is 3. The maximum Gasteiger partial charge on any atom is 0.227 e. The lowest BCUT2D eigenvalue weighted by atomic mass is 10.0. The second-order valence-electron chi connectivity index (χ2n) is 5.71. The molecule has 1 N–H and O–H groups in total. The summed E-state index contributed by atoms with van der Waals surface area (Å²) in [5, 5.41) is 8.19. The van der Waals surface area contributed by atoms with E-state index in [1.54, 1.807) is 11.3 Å². The Hall–Kier alpha value is -1.69. The molecule has 1 saturated heterocycles. The van der Waals surface area contributed by atoms with Crippen LogP contribution < -0.4 is 0 Å². The van der Waals surface area contributed by atoms with Crippen LogP contribution in [0, 0.1) is 20.8 Å². The summed E-state index contributed by atoms with van der Waals surface area (Å²) >= 11 is 1.63. The van der Waals surface area contributed by atoms with Gasteiger partial charge in [0.1, 0.15) is 0 Å². The second-order valence-corrected chi connectivity index (χ2v) is 7.00. The van der Waals surface area contributed by atoms with Gasteiger partial charge in [0.25, 0.3) is 0 Å². The van der Waals surface area contributed by atoms with E-state index in [0.717, 1.165) is 35.1 Å². The number of H-pyrrole nitrogens is 1. The number of nitrogens with one attached hydrogen (secondary N) is 1. The molecule has 1 aliphatic heterocycles. The topological polar surface area (TPSA) is 61.9 Å². The average molecular weight is 304 g/mol. The second kappa shape index (κ2) is 5.60. The van der Waals surface area contributed by atoms with E-state index in [2.05, 4.69) is 22.1 Å². The minimum Gasteiger partial charge on any atom is -0.342 e. The molecular weight excluding hydrogens is 284 g/mol. The van der Waals surface area contributed by atoms with E-state index in [1.807, 2.05) is 24.9 Å². The number of aryl methyl sites for hydroxylation is 3. The maximum absolute atomic E-state index is 12.5. The van der Waals surface area contributed by atoms with Crippen LogP contribution in [-0.4, -0.2) is 39.1 Å². The van der Waals surface area contributed by atoms with Crippen molar-refractivity contribution in [1.29, 1.82) is 0 Å². The Kier molecular flexibility index (Phi) is 3.80. The quantitative estimate of drug-likeness (QED) is 0.947. The Balaban J connectivity index is 1.65. The Morgan fingerprint density at radius 1 is 1.48 bits per heavy atom. The van der Waals surface area contributed by atoms with Crippen LogP contribution in [0.1, 0.15) is 39.2 Å². The van der Waals surface area contributed by atoms with Gasteiger partial charge < -0.3 is 4.90 Å². The van der Waals surface area contributed by atoms with Gasteiger partial charge in [-0.15, -0.1) is 11.3 Å². The zero-order chi connectivity index (χ0) is 15.0. The average Bonchev–Trinajstić information content (AvgIpc) is 3.11. The van der Waals surface area contributed by atoms with Crippen LogP contribution in [0.2, 0.25) is 0 Å². The molecular formula is C15H20N4OS. The highest BCUT2D eigenvalue weighted by Crippen LogP contribution is 2.28. The van der Waals surface area contributed by atoms with Crippen LogP contribution in [0.25, 0.3) is 0 Å². The molecule has 112 valence electrons. The van der Waals surface area contributed by atoms with Crippen LogP contribution in [-0.2, 0) is 11.2 Å². The number of aromatic nitrogens is 3. The third kappa shape index (κ3) is 2.85. The lowest BCUT2D eigenvalue weighted by Gasteiger charge is -2.16. The SMILES string of the molecule is Cc1nc(C)c(CC(=O)N2CC[C@H](c3[nH]ncc3C)C2)s1. The van der Waals surface area contributed by atoms with Crippen molar-refractivity contribution >= 4 is 17.2 Å². The van der Waals surface area contributed by atoms with Gasteiger partial charge in [0, 0.05) is 29.6 Å². The molecule has 3 rings (SSSR count). The number of aromatic amines is 1. The minimum absolute atomic E-state index is 0.210. The molecule has 2 aromatic heterocycles. The molecule has 1 atom stereocenters. The highest BCUT2D eigenvalue weighted by Gasteiger charge is 2.29. The molecule has 1 aliphatic rings. The number of hydrogen-bond donors (Lipinski definition) is 1. The molecule has 2 aromatic rings. The molecule has 0 radical (unpaired) electrons. The first-order valence-corrected chi connectivity index (χ1v) is 8.06. The Bertz CT molecular complexity index is 660. The molecule has 0 saturated carbocycles. The number of hydrogen-bond acceptors (Lipinski definition) is 4. The molecule has 0 unspecified atom stereocenters. The molecule has 1 fully saturated rings. The summed E-state index contributed by atoms with van der Waals surface area (Å²) in [7, 11) is 0. The Labute approximate surface area is 128 Å². The fourth-order valence-electron chi connectivity index (χ4n) is 2.98. The van der Waals surface area contributed by atoms with Crippen molar-refractivity contribution in [1.82, 2.24) is 20.1 Å². The minimum atomic E-state index is 0.210. The molecule has 21 heavy (non-hydrogen) atoms. The van der Waals surface area contributed by atoms with Gasteiger partial charge in [0.05, 0.1) is 23.3 Å². The largest absolute Gasteiger partial charge is 0.342 e. The lowest BCUT2D eigenvalue weighted by Crippen LogP contribution is -2.29. The monoisotopic (exact) mass is 304 g/mol. The van der Waals surface area contributed by atoms with Gasteiger partial charge in [-0.25, -0.2) is 4.98 Å². The zero-order valence-corrected chi connectivity index (χ0v) is 13.5. The standard InChI is InChI=1S/C15H20N4OS/c1-9-7-16-18-15(9)12-4-5-19(8-12)14(20)6-13-10(2)17-11(3)21-13/h7,12H,4-6,8H2,1-3H3,(H,16,18)/t12-/m0/s1. The Morgan fingerprint density at radius 3 is 2.90 bits per heavy atom. The third-order valence-corrected chi connectivity index (χ3v) is 5.20. The lowest BCUT2D eigenvalue weighted by molar-refractivity contribution is -0.129. The summed E-state index contributed by atoms with van der Waals surface area (Å²) < 4.78 is 0. The molecule has 0 spiro atoms. The van der Waals surface area contributed by atoms with Crippen LogP contribution in [0.3, 0.4) is 0 Å². The normalized spacial score (nSPS) is 18.4. The molecule has 0 aromatic carbocycles. The van der Waals surface area contributed by atoms with Crippen LogP contribution in [0.5, 0.6) is 0 Å². The van der Waals surface area contributed by atoms with Crippen LogP contribution in [0.15, 0.2) is 6.20 Å². The van der Waals surface area contributed by atoms with Crippen LogP contribution >= 0.6 is 11.3 Å². The summed E-state index contributed by atoms with van der Waals surface area (Å²) in [4.78, 5) is 19.9. The summed E-state index contributed by atoms with van der Waals surface area (Å²) in [6.45, 7) is 7.65. The first-order valence-electron chi connectivity index (χ1n) is 7.25. The van der Waals surface area contributed by atoms with Crippen molar-refractivity contribution in [2.75, 3.05) is 13.1 Å². The summed E-state index contributed by atoms with van der Waals surface area (Å²) in [5.74, 6) is 0.599. The van der Waals surface area contributed by atoms with Gasteiger partial charge in [-0.05, 0) is 32.8 Å². The number of carbonyl (C=O) groups excluding carboxylic acids is 1. The fourth-order valence-corrected chi connectivity index (χ4v) is 3.91. The Morgan fingerprint density at radius 2 is 2.29 bits per heavy atom. The van der Waals surface area contributed by atoms with Gasteiger partial charge in [0.2, 0.25) is 5.91 Å². The molecule has 0 bridgehead atoms. The van der Waals surface area contributed by atoms with Gasteiger partial charge in [-0.3, -0.25) is 9.89 Å². The summed E-state index contributed by atoms with van der Waals surface area (Å²) in [5.41, 5.74) is 3.35. The number of thiazole rings is 1. The van der Waals surface area contributed by atoms with E-state index >= 15 is 0 Å². The molecule has 0 aliphatic carbocycles. The summed E-state index contributed by atoms with van der Waals surface area (Å²) in [6, 6.07) is 0. The predicted octanol–water partition coefficient (Wildman–Crippen LogP) is 2.35. The van der Waals surface area contributed by atoms with Gasteiger partial charge in [-0.1, -0.05) is 0 Å². The maximum atomic E-state index is 12.5. The van der Waals surface area contributed by atoms with Gasteiger partial charge >= 0.3 is 0 Å². The van der Waals surface area contributed by atoms with Crippen molar-refractivity contribution in [3.63, 3.8) is 0 Å². The van der Waals surface area contributed by atoms with Crippen molar-refractivity contribution in [3.8, 4) is 0 Å². The first kappa shape index (κ1) is 14.3. The third-order valence-electron chi connectivity index (χ3n) is 4.13. The van der Waals surface area contributed by atoms with Gasteiger partial charge in [0.15, 0.2) is 0 Å². The number of carbonyl (C=O) groups is 1. The number of nitrogens with zero attached hydrogens (tertiary/aromatic N) is 3. The molecule has 5 nitrogen and oxygen atoms in total. The number of amides is 1. The van der Waals surface area contributed by atoms with E-state index in [4.69, 9.17) is 0 Å². The predicted molar refractivity (Wildman–Crippen MR) is 82.6 cm³/mol. The smallest absolute Gasteiger partial charge is 0.227 e. The van der Waals surface area contributed by atoms with Crippen molar-refractivity contribution in [2.24, 2.45) is 0 Å². The van der Waals surface area contributed by atoms with Crippen molar-refractivity contribution in [3.05, 3.63) is 33.0 Å². The highest BCUT2D eigenvalue weighted by atomic mass is 32.1. The highest BCUT2D eigenvalue weighted by molar-refractivity contribution is 7.11. The zero-order valence-electron chi connectivity index (χ0n) is 12.6. The van der Waals surface area contributed by atoms with Crippen molar-refractivity contribution in [2.45, 2.75) is 39.5 Å². The first-order chi connectivity index (χ1) is 10.0. The van der Waals surface area contributed by atoms with Crippen LogP contribution in [0.4, 0.5) is 0 Å². The number of likely N-dealkylation sites (tertiary alicyclic amines) is 1. The van der Waals surface area contributed by atoms with Gasteiger partial charge in [-0.2, -0.15) is 5.10 Å². The molecule has 1 amide bonds. The molecule has 3 heterocycles. The fraction of sp³-hybridized carbons (Fsp3) is 0.533. The van der Waals surface area contributed by atoms with E-state index in [1.165, 1.54) is 11.3 Å². The van der Waals surface area contributed by atoms with E-state index in [-0.39, 0.29) is 5.91 Å². The summed E-state index contributed by atoms with van der Waals surface area (Å²) in [6.07, 6.45) is 3.34. The van der Waals surface area contributed by atoms with E-state index in [0.29, 0.717) is 12.3 Å². The van der Waals surface area contributed by atoms with E-state index < -0.39 is 0 Å². The van der Waals surface area contributed by atoms with E-state index in [9.17, 15) is 4.79 Å². The van der Waals surface area contributed by atoms with Crippen molar-refractivity contribution < 1.29 is 4.79 Å². The molecule has 6 heteroatoms.